The zero-order valence-electron chi connectivity index (χ0n) is 10.6. The normalized spacial score (nSPS) is 12.6. The van der Waals surface area contributed by atoms with Crippen molar-refractivity contribution in [2.24, 2.45) is 13.0 Å². The Morgan fingerprint density at radius 3 is 2.47 bits per heavy atom. The van der Waals surface area contributed by atoms with E-state index in [9.17, 15) is 8.42 Å². The van der Waals surface area contributed by atoms with E-state index in [4.69, 9.17) is 11.6 Å². The Morgan fingerprint density at radius 1 is 1.47 bits per heavy atom. The van der Waals surface area contributed by atoms with Crippen molar-refractivity contribution in [2.75, 3.05) is 13.6 Å². The summed E-state index contributed by atoms with van der Waals surface area (Å²) in [4.78, 5) is 0.304. The molecule has 0 amide bonds. The van der Waals surface area contributed by atoms with Gasteiger partial charge in [0.15, 0.2) is 0 Å². The van der Waals surface area contributed by atoms with Gasteiger partial charge in [-0.15, -0.1) is 11.6 Å². The first-order valence-electron chi connectivity index (χ1n) is 5.46. The second-order valence-corrected chi connectivity index (χ2v) is 6.90. The van der Waals surface area contributed by atoms with Crippen LogP contribution in [0, 0.1) is 5.92 Å². The molecule has 0 saturated heterocycles. The highest BCUT2D eigenvalue weighted by Crippen LogP contribution is 2.19. The molecule has 0 unspecified atom stereocenters. The molecule has 4 nitrogen and oxygen atoms in total. The Bertz CT molecular complexity index is 480. The Hall–Kier alpha value is -0.520. The summed E-state index contributed by atoms with van der Waals surface area (Å²) in [5.74, 6) is 0.603. The maximum Gasteiger partial charge on any atom is 0.244 e. The van der Waals surface area contributed by atoms with Crippen LogP contribution in [0.25, 0.3) is 0 Å². The predicted molar refractivity (Wildman–Crippen MR) is 69.6 cm³/mol. The lowest BCUT2D eigenvalue weighted by Crippen LogP contribution is -2.30. The summed E-state index contributed by atoms with van der Waals surface area (Å²) in [6.45, 7) is 4.48. The van der Waals surface area contributed by atoms with E-state index in [-0.39, 0.29) is 0 Å². The molecule has 0 saturated carbocycles. The first-order valence-corrected chi connectivity index (χ1v) is 7.44. The van der Waals surface area contributed by atoms with Gasteiger partial charge in [-0.05, 0) is 12.0 Å². The summed E-state index contributed by atoms with van der Waals surface area (Å²) >= 11 is 5.73. The van der Waals surface area contributed by atoms with E-state index >= 15 is 0 Å². The molecule has 1 rings (SSSR count). The molecule has 0 aromatic carbocycles. The first kappa shape index (κ1) is 14.5. The second kappa shape index (κ2) is 5.42. The highest BCUT2D eigenvalue weighted by Gasteiger charge is 2.23. The quantitative estimate of drug-likeness (QED) is 0.774. The minimum atomic E-state index is -3.39. The van der Waals surface area contributed by atoms with Crippen molar-refractivity contribution in [2.45, 2.75) is 24.6 Å². The lowest BCUT2D eigenvalue weighted by Gasteiger charge is -2.18. The molecule has 0 radical (unpaired) electrons. The molecule has 1 aromatic heterocycles. The van der Waals surface area contributed by atoms with Crippen molar-refractivity contribution in [1.82, 2.24) is 8.87 Å². The van der Waals surface area contributed by atoms with Crippen LogP contribution in [0.3, 0.4) is 0 Å². The minimum absolute atomic E-state index is 0.297. The van der Waals surface area contributed by atoms with Gasteiger partial charge in [0, 0.05) is 32.5 Å². The van der Waals surface area contributed by atoms with Gasteiger partial charge in [-0.1, -0.05) is 13.8 Å². The van der Waals surface area contributed by atoms with Gasteiger partial charge in [0.05, 0.1) is 5.88 Å². The number of aromatic nitrogens is 1. The van der Waals surface area contributed by atoms with Crippen molar-refractivity contribution >= 4 is 21.6 Å². The Balaban J connectivity index is 3.04. The van der Waals surface area contributed by atoms with E-state index in [1.165, 1.54) is 4.31 Å². The number of hydrogen-bond acceptors (Lipinski definition) is 2. The van der Waals surface area contributed by atoms with Crippen molar-refractivity contribution < 1.29 is 8.42 Å². The highest BCUT2D eigenvalue weighted by atomic mass is 35.5. The van der Waals surface area contributed by atoms with Crippen molar-refractivity contribution in [3.8, 4) is 0 Å². The third kappa shape index (κ3) is 3.24. The molecule has 0 N–H and O–H groups in total. The van der Waals surface area contributed by atoms with Gasteiger partial charge < -0.3 is 4.57 Å². The molecule has 17 heavy (non-hydrogen) atoms. The fourth-order valence-corrected chi connectivity index (χ4v) is 3.34. The first-order chi connectivity index (χ1) is 7.78. The fraction of sp³-hybridized carbons (Fsp3) is 0.636. The van der Waals surface area contributed by atoms with Crippen LogP contribution in [-0.2, 0) is 23.0 Å². The molecule has 0 atom stereocenters. The number of alkyl halides is 1. The number of halogens is 1. The lowest BCUT2D eigenvalue weighted by molar-refractivity contribution is 0.417. The van der Waals surface area contributed by atoms with Crippen molar-refractivity contribution in [3.63, 3.8) is 0 Å². The summed E-state index contributed by atoms with van der Waals surface area (Å²) in [5, 5.41) is 0. The van der Waals surface area contributed by atoms with E-state index in [2.05, 4.69) is 0 Å². The van der Waals surface area contributed by atoms with Gasteiger partial charge in [-0.3, -0.25) is 0 Å². The molecular weight excluding hydrogens is 260 g/mol. The molecule has 1 aromatic rings. The Morgan fingerprint density at radius 2 is 2.06 bits per heavy atom. The van der Waals surface area contributed by atoms with E-state index in [0.29, 0.717) is 23.2 Å². The molecule has 0 bridgehead atoms. The van der Waals surface area contributed by atoms with Crippen molar-refractivity contribution in [3.05, 3.63) is 18.0 Å². The summed E-state index contributed by atoms with van der Waals surface area (Å²) in [6, 6.07) is 1.62. The fourth-order valence-electron chi connectivity index (χ4n) is 1.64. The van der Waals surface area contributed by atoms with Gasteiger partial charge in [0.25, 0.3) is 0 Å². The molecule has 0 fully saturated rings. The molecule has 0 aliphatic carbocycles. The monoisotopic (exact) mass is 278 g/mol. The zero-order valence-corrected chi connectivity index (χ0v) is 12.2. The van der Waals surface area contributed by atoms with Crippen LogP contribution in [0.5, 0.6) is 0 Å². The maximum absolute atomic E-state index is 12.2. The molecule has 0 aliphatic heterocycles. The smallest absolute Gasteiger partial charge is 0.244 e. The van der Waals surface area contributed by atoms with Crippen LogP contribution in [0.1, 0.15) is 19.5 Å². The molecule has 0 spiro atoms. The highest BCUT2D eigenvalue weighted by molar-refractivity contribution is 7.89. The zero-order chi connectivity index (χ0) is 13.2. The minimum Gasteiger partial charge on any atom is -0.352 e. The van der Waals surface area contributed by atoms with Gasteiger partial charge in [0.2, 0.25) is 10.0 Å². The molecule has 98 valence electrons. The third-order valence-electron chi connectivity index (χ3n) is 2.55. The van der Waals surface area contributed by atoms with Crippen LogP contribution >= 0.6 is 11.6 Å². The van der Waals surface area contributed by atoms with Gasteiger partial charge in [-0.25, -0.2) is 12.7 Å². The van der Waals surface area contributed by atoms with Crippen LogP contribution in [0.4, 0.5) is 0 Å². The Labute approximate surface area is 108 Å². The number of hydrogen-bond donors (Lipinski definition) is 0. The summed E-state index contributed by atoms with van der Waals surface area (Å²) in [5.41, 5.74) is 0.795. The topological polar surface area (TPSA) is 42.3 Å². The number of sulfonamides is 1. The molecular formula is C11H19ClN2O2S. The summed E-state index contributed by atoms with van der Waals surface area (Å²) in [6.07, 6.45) is 1.60. The van der Waals surface area contributed by atoms with E-state index < -0.39 is 10.0 Å². The van der Waals surface area contributed by atoms with Gasteiger partial charge >= 0.3 is 0 Å². The largest absolute Gasteiger partial charge is 0.352 e. The number of aryl methyl sites for hydroxylation is 1. The number of rotatable bonds is 5. The third-order valence-corrected chi connectivity index (χ3v) is 4.61. The van der Waals surface area contributed by atoms with Crippen LogP contribution in [0.15, 0.2) is 17.2 Å². The molecule has 0 aliphatic rings. The average molecular weight is 279 g/mol. The van der Waals surface area contributed by atoms with Gasteiger partial charge in [-0.2, -0.15) is 0 Å². The molecule has 1 heterocycles. The van der Waals surface area contributed by atoms with E-state index in [1.807, 2.05) is 13.8 Å². The standard InChI is InChI=1S/C11H19ClN2O2S/c1-9(2)7-14(4)17(15,16)11-5-10(6-12)13(3)8-11/h5,8-9H,6-7H2,1-4H3. The van der Waals surface area contributed by atoms with Crippen LogP contribution < -0.4 is 0 Å². The van der Waals surface area contributed by atoms with E-state index in [0.717, 1.165) is 5.69 Å². The summed E-state index contributed by atoms with van der Waals surface area (Å²) < 4.78 is 27.6. The summed E-state index contributed by atoms with van der Waals surface area (Å²) in [7, 11) is -0.00120. The Kier molecular flexibility index (Phi) is 4.63. The van der Waals surface area contributed by atoms with Crippen LogP contribution in [-0.4, -0.2) is 30.9 Å². The average Bonchev–Trinajstić information content (AvgIpc) is 2.59. The van der Waals surface area contributed by atoms with Crippen LogP contribution in [0.2, 0.25) is 0 Å². The van der Waals surface area contributed by atoms with Gasteiger partial charge in [0.1, 0.15) is 4.90 Å². The van der Waals surface area contributed by atoms with E-state index in [1.54, 1.807) is 30.9 Å². The SMILES string of the molecule is CC(C)CN(C)S(=O)(=O)c1cc(CCl)n(C)c1. The maximum atomic E-state index is 12.2. The van der Waals surface area contributed by atoms with Crippen molar-refractivity contribution in [1.29, 1.82) is 0 Å². The lowest BCUT2D eigenvalue weighted by atomic mass is 10.2. The number of nitrogens with zero attached hydrogens (tertiary/aromatic N) is 2. The second-order valence-electron chi connectivity index (χ2n) is 4.59. The molecule has 6 heteroatoms. The predicted octanol–water partition coefficient (Wildman–Crippen LogP) is 2.04.